The van der Waals surface area contributed by atoms with Crippen molar-refractivity contribution in [1.82, 2.24) is 5.32 Å². The van der Waals surface area contributed by atoms with Crippen molar-refractivity contribution in [3.05, 3.63) is 29.3 Å². The molecule has 0 bridgehead atoms. The van der Waals surface area contributed by atoms with Crippen molar-refractivity contribution < 1.29 is 0 Å². The van der Waals surface area contributed by atoms with Crippen molar-refractivity contribution in [2.75, 3.05) is 11.9 Å². The van der Waals surface area contributed by atoms with Crippen LogP contribution in [0.1, 0.15) is 36.4 Å². The van der Waals surface area contributed by atoms with Gasteiger partial charge >= 0.3 is 0 Å². The van der Waals surface area contributed by atoms with Crippen LogP contribution in [-0.2, 0) is 0 Å². The highest BCUT2D eigenvalue weighted by Crippen LogP contribution is 2.33. The smallest absolute Gasteiger partial charge is 0.0388 e. The summed E-state index contributed by atoms with van der Waals surface area (Å²) in [5.41, 5.74) is 4.15. The van der Waals surface area contributed by atoms with E-state index in [1.54, 1.807) is 0 Å². The molecule has 1 aromatic rings. The number of hydrogen-bond acceptors (Lipinski definition) is 2. The van der Waals surface area contributed by atoms with E-state index in [2.05, 4.69) is 35.8 Å². The summed E-state index contributed by atoms with van der Waals surface area (Å²) in [6, 6.07) is 8.09. The van der Waals surface area contributed by atoms with E-state index in [1.165, 1.54) is 36.1 Å². The van der Waals surface area contributed by atoms with Crippen molar-refractivity contribution in [3.8, 4) is 0 Å². The fourth-order valence-corrected chi connectivity index (χ4v) is 2.35. The van der Waals surface area contributed by atoms with Gasteiger partial charge in [0.25, 0.3) is 0 Å². The van der Waals surface area contributed by atoms with Gasteiger partial charge in [-0.15, -0.1) is 0 Å². The molecule has 0 saturated heterocycles. The van der Waals surface area contributed by atoms with Crippen molar-refractivity contribution in [1.29, 1.82) is 0 Å². The largest absolute Gasteiger partial charge is 0.385 e. The monoisotopic (exact) mass is 202 g/mol. The molecule has 1 aliphatic heterocycles. The van der Waals surface area contributed by atoms with Crippen molar-refractivity contribution in [2.45, 2.75) is 38.3 Å². The molecule has 1 heterocycles. The van der Waals surface area contributed by atoms with Crippen LogP contribution in [0.25, 0.3) is 0 Å². The fraction of sp³-hybridized carbons (Fsp3) is 0.538. The summed E-state index contributed by atoms with van der Waals surface area (Å²) < 4.78 is 0. The van der Waals surface area contributed by atoms with Gasteiger partial charge in [-0.3, -0.25) is 0 Å². The lowest BCUT2D eigenvalue weighted by Crippen LogP contribution is -2.29. The van der Waals surface area contributed by atoms with Crippen molar-refractivity contribution in [2.24, 2.45) is 0 Å². The maximum atomic E-state index is 3.74. The van der Waals surface area contributed by atoms with Gasteiger partial charge in [-0.1, -0.05) is 17.7 Å². The zero-order valence-electron chi connectivity index (χ0n) is 9.22. The molecule has 0 spiro atoms. The van der Waals surface area contributed by atoms with Crippen molar-refractivity contribution in [3.63, 3.8) is 0 Å². The van der Waals surface area contributed by atoms with Crippen LogP contribution in [0.15, 0.2) is 18.2 Å². The number of nitrogens with one attached hydrogen (secondary N) is 2. The molecule has 1 fully saturated rings. The zero-order valence-corrected chi connectivity index (χ0v) is 9.22. The Kier molecular flexibility index (Phi) is 2.17. The lowest BCUT2D eigenvalue weighted by Gasteiger charge is -2.28. The second-order valence-corrected chi connectivity index (χ2v) is 4.80. The van der Waals surface area contributed by atoms with Gasteiger partial charge < -0.3 is 10.6 Å². The number of rotatable bonds is 2. The predicted octanol–water partition coefficient (Wildman–Crippen LogP) is 2.60. The SMILES string of the molecule is Cc1ccc2c(c1)C(NC1CC1)CCN2. The molecule has 1 aliphatic carbocycles. The normalized spacial score (nSPS) is 24.5. The lowest BCUT2D eigenvalue weighted by molar-refractivity contribution is 0.498. The minimum atomic E-state index is 0.577. The highest BCUT2D eigenvalue weighted by Gasteiger charge is 2.27. The minimum absolute atomic E-state index is 0.577. The van der Waals surface area contributed by atoms with E-state index in [4.69, 9.17) is 0 Å². The highest BCUT2D eigenvalue weighted by atomic mass is 15.0. The minimum Gasteiger partial charge on any atom is -0.385 e. The Morgan fingerprint density at radius 2 is 2.13 bits per heavy atom. The van der Waals surface area contributed by atoms with E-state index < -0.39 is 0 Å². The molecule has 3 rings (SSSR count). The summed E-state index contributed by atoms with van der Waals surface area (Å²) in [5.74, 6) is 0. The highest BCUT2D eigenvalue weighted by molar-refractivity contribution is 5.56. The van der Waals surface area contributed by atoms with Crippen LogP contribution in [0.4, 0.5) is 5.69 Å². The van der Waals surface area contributed by atoms with Crippen LogP contribution in [0.5, 0.6) is 0 Å². The molecule has 0 amide bonds. The molecular formula is C13H18N2. The van der Waals surface area contributed by atoms with Gasteiger partial charge in [-0.25, -0.2) is 0 Å². The summed E-state index contributed by atoms with van der Waals surface area (Å²) in [6.07, 6.45) is 3.95. The summed E-state index contributed by atoms with van der Waals surface area (Å²) >= 11 is 0. The molecule has 15 heavy (non-hydrogen) atoms. The van der Waals surface area contributed by atoms with Gasteiger partial charge in [0.1, 0.15) is 0 Å². The number of anilines is 1. The predicted molar refractivity (Wildman–Crippen MR) is 63.2 cm³/mol. The van der Waals surface area contributed by atoms with E-state index in [9.17, 15) is 0 Å². The molecule has 2 heteroatoms. The molecule has 0 radical (unpaired) electrons. The van der Waals surface area contributed by atoms with Crippen molar-refractivity contribution >= 4 is 5.69 Å². The van der Waals surface area contributed by atoms with Crippen LogP contribution in [0, 0.1) is 6.92 Å². The topological polar surface area (TPSA) is 24.1 Å². The van der Waals surface area contributed by atoms with Crippen LogP contribution in [0.3, 0.4) is 0 Å². The molecule has 0 aromatic heterocycles. The molecule has 2 N–H and O–H groups in total. The third-order valence-corrected chi connectivity index (χ3v) is 3.35. The maximum absolute atomic E-state index is 3.74. The van der Waals surface area contributed by atoms with Gasteiger partial charge in [0.15, 0.2) is 0 Å². The van der Waals surface area contributed by atoms with E-state index in [0.29, 0.717) is 6.04 Å². The summed E-state index contributed by atoms with van der Waals surface area (Å²) in [5, 5.41) is 7.21. The lowest BCUT2D eigenvalue weighted by atomic mass is 9.96. The quantitative estimate of drug-likeness (QED) is 0.770. The Labute approximate surface area is 91.1 Å². The standard InChI is InChI=1S/C13H18N2/c1-9-2-5-12-11(8-9)13(6-7-14-12)15-10-3-4-10/h2,5,8,10,13-15H,3-4,6-7H2,1H3. The number of hydrogen-bond donors (Lipinski definition) is 2. The first kappa shape index (κ1) is 9.22. The van der Waals surface area contributed by atoms with E-state index >= 15 is 0 Å². The van der Waals surface area contributed by atoms with Gasteiger partial charge in [0, 0.05) is 24.3 Å². The zero-order chi connectivity index (χ0) is 10.3. The Bertz CT molecular complexity index is 369. The average Bonchev–Trinajstić information content (AvgIpc) is 3.03. The Morgan fingerprint density at radius 1 is 1.27 bits per heavy atom. The number of aryl methyl sites for hydroxylation is 1. The first-order valence-electron chi connectivity index (χ1n) is 5.93. The van der Waals surface area contributed by atoms with Crippen LogP contribution in [-0.4, -0.2) is 12.6 Å². The Morgan fingerprint density at radius 3 is 2.93 bits per heavy atom. The third kappa shape index (κ3) is 1.86. The summed E-state index contributed by atoms with van der Waals surface area (Å²) in [6.45, 7) is 3.27. The second kappa shape index (κ2) is 3.53. The molecule has 1 unspecified atom stereocenters. The van der Waals surface area contributed by atoms with Crippen LogP contribution >= 0.6 is 0 Å². The molecule has 1 atom stereocenters. The molecular weight excluding hydrogens is 184 g/mol. The summed E-state index contributed by atoms with van der Waals surface area (Å²) in [4.78, 5) is 0. The van der Waals surface area contributed by atoms with Gasteiger partial charge in [0.2, 0.25) is 0 Å². The molecule has 80 valence electrons. The first-order valence-corrected chi connectivity index (χ1v) is 5.93. The number of benzene rings is 1. The first-order chi connectivity index (χ1) is 7.33. The molecule has 2 aliphatic rings. The second-order valence-electron chi connectivity index (χ2n) is 4.80. The Hall–Kier alpha value is -1.02. The molecule has 2 nitrogen and oxygen atoms in total. The Balaban J connectivity index is 1.89. The average molecular weight is 202 g/mol. The van der Waals surface area contributed by atoms with Crippen LogP contribution in [0.2, 0.25) is 0 Å². The van der Waals surface area contributed by atoms with Gasteiger partial charge in [-0.2, -0.15) is 0 Å². The van der Waals surface area contributed by atoms with Gasteiger partial charge in [-0.05, 0) is 37.8 Å². The summed E-state index contributed by atoms with van der Waals surface area (Å²) in [7, 11) is 0. The van der Waals surface area contributed by atoms with E-state index in [1.807, 2.05) is 0 Å². The fourth-order valence-electron chi connectivity index (χ4n) is 2.35. The van der Waals surface area contributed by atoms with Gasteiger partial charge in [0.05, 0.1) is 0 Å². The maximum Gasteiger partial charge on any atom is 0.0388 e. The van der Waals surface area contributed by atoms with Crippen LogP contribution < -0.4 is 10.6 Å². The molecule has 1 saturated carbocycles. The van der Waals surface area contributed by atoms with E-state index in [-0.39, 0.29) is 0 Å². The number of fused-ring (bicyclic) bond motifs is 1. The third-order valence-electron chi connectivity index (χ3n) is 3.35. The molecule has 1 aromatic carbocycles. The van der Waals surface area contributed by atoms with E-state index in [0.717, 1.165) is 12.6 Å².